The predicted molar refractivity (Wildman–Crippen MR) is 97.2 cm³/mol. The number of amides is 1. The molecule has 1 aromatic rings. The average Bonchev–Trinajstić information content (AvgIpc) is 2.54. The molecule has 24 heavy (non-hydrogen) atoms. The number of ether oxygens (including phenoxy) is 1. The molecular weight excluding hydrogens is 322 g/mol. The fraction of sp³-hybridized carbons (Fsp3) is 0.650. The number of rotatable bonds is 3. The van der Waals surface area contributed by atoms with Gasteiger partial charge in [-0.2, -0.15) is 0 Å². The Bertz CT molecular complexity index is 588. The summed E-state index contributed by atoms with van der Waals surface area (Å²) in [7, 11) is 0. The molecule has 1 heterocycles. The van der Waals surface area contributed by atoms with Crippen LogP contribution in [0, 0.1) is 18.8 Å². The van der Waals surface area contributed by atoms with E-state index in [-0.39, 0.29) is 29.5 Å². The van der Waals surface area contributed by atoms with Crippen LogP contribution in [0.3, 0.4) is 0 Å². The van der Waals surface area contributed by atoms with Gasteiger partial charge in [0.25, 0.3) is 0 Å². The van der Waals surface area contributed by atoms with Crippen LogP contribution in [-0.4, -0.2) is 23.4 Å². The highest BCUT2D eigenvalue weighted by atomic mass is 35.5. The second-order valence-corrected chi connectivity index (χ2v) is 8.17. The van der Waals surface area contributed by atoms with E-state index in [1.54, 1.807) is 0 Å². The molecule has 5 atom stereocenters. The van der Waals surface area contributed by atoms with E-state index < -0.39 is 0 Å². The van der Waals surface area contributed by atoms with Gasteiger partial charge in [-0.25, -0.2) is 0 Å². The molecule has 3 nitrogen and oxygen atoms in total. The van der Waals surface area contributed by atoms with Gasteiger partial charge in [-0.1, -0.05) is 43.2 Å². The molecule has 1 aliphatic carbocycles. The molecule has 132 valence electrons. The summed E-state index contributed by atoms with van der Waals surface area (Å²) in [6.07, 6.45) is 4.40. The number of alkyl halides is 1. The smallest absolute Gasteiger partial charge is 0.235 e. The van der Waals surface area contributed by atoms with Crippen LogP contribution in [-0.2, 0) is 9.53 Å². The molecule has 1 saturated carbocycles. The Morgan fingerprint density at radius 2 is 2.04 bits per heavy atom. The molecule has 0 unspecified atom stereocenters. The van der Waals surface area contributed by atoms with Gasteiger partial charge in [-0.3, -0.25) is 4.79 Å². The lowest BCUT2D eigenvalue weighted by Crippen LogP contribution is -2.60. The zero-order valence-electron chi connectivity index (χ0n) is 14.8. The number of halogens is 1. The van der Waals surface area contributed by atoms with Gasteiger partial charge in [-0.15, -0.1) is 11.6 Å². The van der Waals surface area contributed by atoms with Crippen LogP contribution in [0.5, 0.6) is 0 Å². The number of fused-ring (bicyclic) bond motifs is 1. The highest BCUT2D eigenvalue weighted by Crippen LogP contribution is 2.47. The van der Waals surface area contributed by atoms with E-state index in [0.717, 1.165) is 19.3 Å². The first-order valence-corrected chi connectivity index (χ1v) is 9.54. The first-order chi connectivity index (χ1) is 11.4. The standard InChI is InChI=1S/C20H28ClNO2/c1-13-4-7-15(8-5-13)18-11-20(3,22-19(23)12-21)16-9-6-14(2)10-17(16)24-18/h4-5,7-8,14,16-18H,6,9-12H2,1-3H3,(H,22,23)/t14-,16-,17-,18-,20-/m1/s1. The number of carbonyl (C=O) groups excluding carboxylic acids is 1. The van der Waals surface area contributed by atoms with Crippen molar-refractivity contribution in [2.45, 2.75) is 64.2 Å². The average molecular weight is 350 g/mol. The Kier molecular flexibility index (Phi) is 5.22. The zero-order chi connectivity index (χ0) is 17.3. The van der Waals surface area contributed by atoms with Crippen molar-refractivity contribution < 1.29 is 9.53 Å². The number of nitrogens with one attached hydrogen (secondary N) is 1. The highest BCUT2D eigenvalue weighted by molar-refractivity contribution is 6.27. The van der Waals surface area contributed by atoms with Crippen molar-refractivity contribution in [3.63, 3.8) is 0 Å². The molecule has 2 fully saturated rings. The molecular formula is C20H28ClNO2. The van der Waals surface area contributed by atoms with Crippen LogP contribution in [0.2, 0.25) is 0 Å². The van der Waals surface area contributed by atoms with Crippen molar-refractivity contribution in [3.05, 3.63) is 35.4 Å². The number of aryl methyl sites for hydroxylation is 1. The van der Waals surface area contributed by atoms with E-state index in [1.165, 1.54) is 17.5 Å². The number of benzene rings is 1. The maximum atomic E-state index is 12.0. The molecule has 1 N–H and O–H groups in total. The second-order valence-electron chi connectivity index (χ2n) is 7.90. The summed E-state index contributed by atoms with van der Waals surface area (Å²) in [6, 6.07) is 8.55. The van der Waals surface area contributed by atoms with Gasteiger partial charge in [0.15, 0.2) is 0 Å². The summed E-state index contributed by atoms with van der Waals surface area (Å²) in [5, 5.41) is 3.22. The molecule has 1 aromatic carbocycles. The molecule has 1 amide bonds. The Balaban J connectivity index is 1.87. The SMILES string of the molecule is Cc1ccc([C@H]2C[C@@](C)(NC(=O)CCl)[C@@H]3CC[C@@H](C)C[C@H]3O2)cc1. The van der Waals surface area contributed by atoms with Gasteiger partial charge in [-0.05, 0) is 38.2 Å². The van der Waals surface area contributed by atoms with Gasteiger partial charge >= 0.3 is 0 Å². The Morgan fingerprint density at radius 1 is 1.33 bits per heavy atom. The summed E-state index contributed by atoms with van der Waals surface area (Å²) in [6.45, 7) is 6.56. The Labute approximate surface area is 150 Å². The predicted octanol–water partition coefficient (Wildman–Crippen LogP) is 4.37. The van der Waals surface area contributed by atoms with Crippen LogP contribution >= 0.6 is 11.6 Å². The zero-order valence-corrected chi connectivity index (χ0v) is 15.6. The lowest BCUT2D eigenvalue weighted by Gasteiger charge is -2.52. The van der Waals surface area contributed by atoms with Crippen molar-refractivity contribution >= 4 is 17.5 Å². The fourth-order valence-electron chi connectivity index (χ4n) is 4.48. The molecule has 0 aromatic heterocycles. The van der Waals surface area contributed by atoms with Crippen molar-refractivity contribution in [1.82, 2.24) is 5.32 Å². The second kappa shape index (κ2) is 7.05. The first kappa shape index (κ1) is 17.8. The van der Waals surface area contributed by atoms with Crippen LogP contribution in [0.1, 0.15) is 56.8 Å². The van der Waals surface area contributed by atoms with E-state index in [1.807, 2.05) is 0 Å². The van der Waals surface area contributed by atoms with Crippen molar-refractivity contribution in [2.24, 2.45) is 11.8 Å². The lowest BCUT2D eigenvalue weighted by molar-refractivity contribution is -0.152. The summed E-state index contributed by atoms with van der Waals surface area (Å²) < 4.78 is 6.51. The van der Waals surface area contributed by atoms with Crippen LogP contribution in [0.15, 0.2) is 24.3 Å². The van der Waals surface area contributed by atoms with E-state index in [4.69, 9.17) is 16.3 Å². The monoisotopic (exact) mass is 349 g/mol. The van der Waals surface area contributed by atoms with E-state index in [0.29, 0.717) is 11.8 Å². The lowest BCUT2D eigenvalue weighted by atomic mass is 9.66. The van der Waals surface area contributed by atoms with E-state index >= 15 is 0 Å². The summed E-state index contributed by atoms with van der Waals surface area (Å²) in [5.41, 5.74) is 2.19. The van der Waals surface area contributed by atoms with Crippen LogP contribution in [0.25, 0.3) is 0 Å². The van der Waals surface area contributed by atoms with Crippen molar-refractivity contribution in [2.75, 3.05) is 5.88 Å². The van der Waals surface area contributed by atoms with Gasteiger partial charge in [0.05, 0.1) is 12.2 Å². The normalized spacial score (nSPS) is 36.0. The number of carbonyl (C=O) groups is 1. The first-order valence-electron chi connectivity index (χ1n) is 9.00. The number of hydrogen-bond acceptors (Lipinski definition) is 2. The minimum atomic E-state index is -0.259. The summed E-state index contributed by atoms with van der Waals surface area (Å²) in [5.74, 6) is 0.971. The third-order valence-electron chi connectivity index (χ3n) is 5.82. The quantitative estimate of drug-likeness (QED) is 0.822. The maximum absolute atomic E-state index is 12.0. The van der Waals surface area contributed by atoms with Crippen molar-refractivity contribution in [1.29, 1.82) is 0 Å². The summed E-state index contributed by atoms with van der Waals surface area (Å²) >= 11 is 5.76. The minimum Gasteiger partial charge on any atom is -0.370 e. The Morgan fingerprint density at radius 3 is 2.71 bits per heavy atom. The molecule has 4 heteroatoms. The van der Waals surface area contributed by atoms with Gasteiger partial charge in [0.2, 0.25) is 5.91 Å². The third-order valence-corrected chi connectivity index (χ3v) is 6.06. The van der Waals surface area contributed by atoms with E-state index in [2.05, 4.69) is 50.4 Å². The van der Waals surface area contributed by atoms with Crippen LogP contribution < -0.4 is 5.32 Å². The molecule has 2 aliphatic rings. The Hall–Kier alpha value is -1.06. The molecule has 1 aliphatic heterocycles. The fourth-order valence-corrected chi connectivity index (χ4v) is 4.54. The maximum Gasteiger partial charge on any atom is 0.235 e. The molecule has 3 rings (SSSR count). The molecule has 0 spiro atoms. The molecule has 1 saturated heterocycles. The van der Waals surface area contributed by atoms with Crippen molar-refractivity contribution in [3.8, 4) is 0 Å². The molecule has 0 bridgehead atoms. The van der Waals surface area contributed by atoms with E-state index in [9.17, 15) is 4.79 Å². The highest BCUT2D eigenvalue weighted by Gasteiger charge is 2.49. The van der Waals surface area contributed by atoms with Crippen LogP contribution in [0.4, 0.5) is 0 Å². The topological polar surface area (TPSA) is 38.3 Å². The third kappa shape index (κ3) is 3.62. The summed E-state index contributed by atoms with van der Waals surface area (Å²) in [4.78, 5) is 12.0. The largest absolute Gasteiger partial charge is 0.370 e. The molecule has 0 radical (unpaired) electrons. The van der Waals surface area contributed by atoms with Gasteiger partial charge in [0.1, 0.15) is 5.88 Å². The minimum absolute atomic E-state index is 0.0133. The van der Waals surface area contributed by atoms with Gasteiger partial charge < -0.3 is 10.1 Å². The van der Waals surface area contributed by atoms with Gasteiger partial charge in [0, 0.05) is 17.9 Å². The number of hydrogen-bond donors (Lipinski definition) is 1.